The van der Waals surface area contributed by atoms with Crippen LogP contribution in [0.4, 0.5) is 0 Å². The molecule has 114 valence electrons. The van der Waals surface area contributed by atoms with Gasteiger partial charge in [0.25, 0.3) is 0 Å². The van der Waals surface area contributed by atoms with Crippen LogP contribution in [0.1, 0.15) is 63.3 Å². The van der Waals surface area contributed by atoms with Crippen molar-refractivity contribution in [3.8, 4) is 0 Å². The SMILES string of the molecule is CCSCc1nc(C)c(C(C)CNC(C)(C)C)c(C)n1. The third-order valence-electron chi connectivity index (χ3n) is 3.24. The molecule has 0 spiro atoms. The Hall–Kier alpha value is -0.610. The normalized spacial score (nSPS) is 13.6. The first-order chi connectivity index (χ1) is 9.24. The summed E-state index contributed by atoms with van der Waals surface area (Å²) in [4.78, 5) is 9.35. The second kappa shape index (κ2) is 7.41. The highest BCUT2D eigenvalue weighted by Crippen LogP contribution is 2.22. The first-order valence-electron chi connectivity index (χ1n) is 7.41. The van der Waals surface area contributed by atoms with Gasteiger partial charge in [-0.25, -0.2) is 9.97 Å². The zero-order chi connectivity index (χ0) is 15.3. The maximum atomic E-state index is 4.68. The van der Waals surface area contributed by atoms with Crippen LogP contribution in [0.2, 0.25) is 0 Å². The molecule has 1 heterocycles. The third kappa shape index (κ3) is 5.41. The standard InChI is InChI=1S/C16H29N3S/c1-8-20-10-14-18-12(3)15(13(4)19-14)11(2)9-17-16(5,6)7/h11,17H,8-10H2,1-7H3. The van der Waals surface area contributed by atoms with Crippen molar-refractivity contribution in [2.45, 2.75) is 65.7 Å². The Balaban J connectivity index is 2.84. The van der Waals surface area contributed by atoms with E-state index in [1.807, 2.05) is 11.8 Å². The molecule has 1 unspecified atom stereocenters. The number of rotatable bonds is 6. The number of hydrogen-bond donors (Lipinski definition) is 1. The van der Waals surface area contributed by atoms with Gasteiger partial charge < -0.3 is 5.32 Å². The van der Waals surface area contributed by atoms with Crippen LogP contribution in [0, 0.1) is 13.8 Å². The predicted octanol–water partition coefficient (Wildman–Crippen LogP) is 3.84. The van der Waals surface area contributed by atoms with E-state index in [2.05, 4.69) is 63.8 Å². The average molecular weight is 295 g/mol. The summed E-state index contributed by atoms with van der Waals surface area (Å²) < 4.78 is 0. The third-order valence-corrected chi connectivity index (χ3v) is 4.11. The van der Waals surface area contributed by atoms with Crippen molar-refractivity contribution in [3.05, 3.63) is 22.8 Å². The van der Waals surface area contributed by atoms with E-state index in [0.29, 0.717) is 5.92 Å². The van der Waals surface area contributed by atoms with Crippen LogP contribution < -0.4 is 5.32 Å². The highest BCUT2D eigenvalue weighted by molar-refractivity contribution is 7.98. The summed E-state index contributed by atoms with van der Waals surface area (Å²) in [5.41, 5.74) is 3.71. The van der Waals surface area contributed by atoms with Crippen molar-refractivity contribution < 1.29 is 0 Å². The van der Waals surface area contributed by atoms with E-state index in [0.717, 1.165) is 35.3 Å². The van der Waals surface area contributed by atoms with Gasteiger partial charge in [-0.1, -0.05) is 13.8 Å². The Morgan fingerprint density at radius 1 is 1.15 bits per heavy atom. The summed E-state index contributed by atoms with van der Waals surface area (Å²) >= 11 is 1.87. The number of thioether (sulfide) groups is 1. The maximum absolute atomic E-state index is 4.68. The maximum Gasteiger partial charge on any atom is 0.138 e. The molecule has 0 aliphatic heterocycles. The molecule has 1 aromatic heterocycles. The van der Waals surface area contributed by atoms with Gasteiger partial charge in [0.15, 0.2) is 0 Å². The lowest BCUT2D eigenvalue weighted by Gasteiger charge is -2.25. The van der Waals surface area contributed by atoms with Crippen LogP contribution in [-0.2, 0) is 5.75 Å². The van der Waals surface area contributed by atoms with Crippen LogP contribution in [0.25, 0.3) is 0 Å². The van der Waals surface area contributed by atoms with E-state index >= 15 is 0 Å². The average Bonchev–Trinajstić information content (AvgIpc) is 2.32. The minimum absolute atomic E-state index is 0.147. The van der Waals surface area contributed by atoms with Gasteiger partial charge in [0, 0.05) is 23.5 Å². The summed E-state index contributed by atoms with van der Waals surface area (Å²) in [5.74, 6) is 3.41. The van der Waals surface area contributed by atoms with Gasteiger partial charge in [-0.3, -0.25) is 0 Å². The predicted molar refractivity (Wildman–Crippen MR) is 89.5 cm³/mol. The lowest BCUT2D eigenvalue weighted by Crippen LogP contribution is -2.38. The van der Waals surface area contributed by atoms with E-state index in [4.69, 9.17) is 0 Å². The Bertz CT molecular complexity index is 415. The lowest BCUT2D eigenvalue weighted by molar-refractivity contribution is 0.411. The molecule has 20 heavy (non-hydrogen) atoms. The lowest BCUT2D eigenvalue weighted by atomic mass is 9.96. The molecule has 1 atom stereocenters. The quantitative estimate of drug-likeness (QED) is 0.865. The summed E-state index contributed by atoms with van der Waals surface area (Å²) in [6, 6.07) is 0. The van der Waals surface area contributed by atoms with Gasteiger partial charge in [0.2, 0.25) is 0 Å². The van der Waals surface area contributed by atoms with Crippen molar-refractivity contribution >= 4 is 11.8 Å². The Kier molecular flexibility index (Phi) is 6.46. The van der Waals surface area contributed by atoms with Gasteiger partial charge in [-0.2, -0.15) is 11.8 Å². The first-order valence-corrected chi connectivity index (χ1v) is 8.56. The molecule has 0 aliphatic rings. The van der Waals surface area contributed by atoms with Gasteiger partial charge >= 0.3 is 0 Å². The highest BCUT2D eigenvalue weighted by atomic mass is 32.2. The van der Waals surface area contributed by atoms with E-state index in [1.165, 1.54) is 5.56 Å². The first kappa shape index (κ1) is 17.4. The minimum atomic E-state index is 0.147. The largest absolute Gasteiger partial charge is 0.311 e. The van der Waals surface area contributed by atoms with E-state index < -0.39 is 0 Å². The summed E-state index contributed by atoms with van der Waals surface area (Å²) in [6.45, 7) is 16.2. The fraction of sp³-hybridized carbons (Fsp3) is 0.750. The topological polar surface area (TPSA) is 37.8 Å². The molecular weight excluding hydrogens is 266 g/mol. The van der Waals surface area contributed by atoms with Crippen LogP contribution in [0.3, 0.4) is 0 Å². The van der Waals surface area contributed by atoms with Crippen LogP contribution in [0.15, 0.2) is 0 Å². The van der Waals surface area contributed by atoms with Crippen molar-refractivity contribution in [2.75, 3.05) is 12.3 Å². The fourth-order valence-electron chi connectivity index (χ4n) is 2.33. The fourth-order valence-corrected chi connectivity index (χ4v) is 2.84. The second-order valence-corrected chi connectivity index (χ2v) is 7.67. The molecule has 0 amide bonds. The molecule has 0 aliphatic carbocycles. The molecule has 0 saturated heterocycles. The highest BCUT2D eigenvalue weighted by Gasteiger charge is 2.17. The zero-order valence-corrected chi connectivity index (χ0v) is 14.8. The van der Waals surface area contributed by atoms with Gasteiger partial charge in [-0.05, 0) is 51.9 Å². The van der Waals surface area contributed by atoms with Gasteiger partial charge in [-0.15, -0.1) is 0 Å². The number of aryl methyl sites for hydroxylation is 2. The van der Waals surface area contributed by atoms with Crippen LogP contribution in [0.5, 0.6) is 0 Å². The van der Waals surface area contributed by atoms with Crippen LogP contribution in [-0.4, -0.2) is 27.8 Å². The Morgan fingerprint density at radius 3 is 2.15 bits per heavy atom. The molecular formula is C16H29N3S. The summed E-state index contributed by atoms with van der Waals surface area (Å²) in [7, 11) is 0. The molecule has 1 rings (SSSR count). The molecule has 4 heteroatoms. The number of aromatic nitrogens is 2. The summed E-state index contributed by atoms with van der Waals surface area (Å²) in [5, 5.41) is 3.56. The molecule has 1 aromatic rings. The number of nitrogens with zero attached hydrogens (tertiary/aromatic N) is 2. The van der Waals surface area contributed by atoms with Crippen molar-refractivity contribution in [1.29, 1.82) is 0 Å². The van der Waals surface area contributed by atoms with Crippen LogP contribution >= 0.6 is 11.8 Å². The second-order valence-electron chi connectivity index (χ2n) is 6.39. The Labute approximate surface area is 128 Å². The molecule has 0 saturated carbocycles. The van der Waals surface area contributed by atoms with Gasteiger partial charge in [0.1, 0.15) is 5.82 Å². The zero-order valence-electron chi connectivity index (χ0n) is 14.0. The number of nitrogens with one attached hydrogen (secondary N) is 1. The van der Waals surface area contributed by atoms with Crippen molar-refractivity contribution in [2.24, 2.45) is 0 Å². The molecule has 0 radical (unpaired) electrons. The monoisotopic (exact) mass is 295 g/mol. The molecule has 0 aromatic carbocycles. The minimum Gasteiger partial charge on any atom is -0.311 e. The smallest absolute Gasteiger partial charge is 0.138 e. The molecule has 0 bridgehead atoms. The van der Waals surface area contributed by atoms with Crippen molar-refractivity contribution in [1.82, 2.24) is 15.3 Å². The van der Waals surface area contributed by atoms with Gasteiger partial charge in [0.05, 0.1) is 5.75 Å². The molecule has 3 nitrogen and oxygen atoms in total. The number of hydrogen-bond acceptors (Lipinski definition) is 4. The molecule has 0 fully saturated rings. The van der Waals surface area contributed by atoms with E-state index in [-0.39, 0.29) is 5.54 Å². The Morgan fingerprint density at radius 2 is 1.70 bits per heavy atom. The van der Waals surface area contributed by atoms with E-state index in [1.54, 1.807) is 0 Å². The summed E-state index contributed by atoms with van der Waals surface area (Å²) in [6.07, 6.45) is 0. The van der Waals surface area contributed by atoms with E-state index in [9.17, 15) is 0 Å². The molecule has 1 N–H and O–H groups in total. The van der Waals surface area contributed by atoms with Crippen molar-refractivity contribution in [3.63, 3.8) is 0 Å².